The zero-order chi connectivity index (χ0) is 21.1. The third kappa shape index (κ3) is 4.18. The predicted octanol–water partition coefficient (Wildman–Crippen LogP) is 2.33. The number of aromatic amines is 1. The van der Waals surface area contributed by atoms with E-state index < -0.39 is 0 Å². The van der Waals surface area contributed by atoms with Crippen molar-refractivity contribution < 1.29 is 14.3 Å². The molecule has 1 unspecified atom stereocenters. The SMILES string of the molecule is COc1cc(C(=O)N2CCCC(c3nc(-c4cccs4)cc(=O)[nH]3)C2)nc(OC)n1. The second kappa shape index (κ2) is 8.62. The van der Waals surface area contributed by atoms with Gasteiger partial charge < -0.3 is 19.4 Å². The number of methoxy groups -OCH3 is 2. The summed E-state index contributed by atoms with van der Waals surface area (Å²) >= 11 is 1.53. The molecule has 3 aromatic rings. The van der Waals surface area contributed by atoms with E-state index in [4.69, 9.17) is 9.47 Å². The predicted molar refractivity (Wildman–Crippen MR) is 111 cm³/mol. The smallest absolute Gasteiger partial charge is 0.320 e. The van der Waals surface area contributed by atoms with Crippen molar-refractivity contribution in [3.8, 4) is 22.5 Å². The zero-order valence-electron chi connectivity index (χ0n) is 16.6. The number of nitrogens with zero attached hydrogens (tertiary/aromatic N) is 4. The van der Waals surface area contributed by atoms with Gasteiger partial charge in [0, 0.05) is 31.1 Å². The van der Waals surface area contributed by atoms with Crippen molar-refractivity contribution in [2.45, 2.75) is 18.8 Å². The molecule has 4 rings (SSSR count). The summed E-state index contributed by atoms with van der Waals surface area (Å²) in [5, 5.41) is 1.95. The Morgan fingerprint density at radius 3 is 2.83 bits per heavy atom. The summed E-state index contributed by atoms with van der Waals surface area (Å²) in [7, 11) is 2.90. The standard InChI is InChI=1S/C20H21N5O4S/c1-28-17-10-14(22-20(24-17)29-2)19(27)25-7-3-5-12(11-25)18-21-13(9-16(26)23-18)15-6-4-8-30-15/h4,6,8-10,12H,3,5,7,11H2,1-2H3,(H,21,23,26). The molecule has 0 aliphatic carbocycles. The number of rotatable bonds is 5. The van der Waals surface area contributed by atoms with E-state index in [1.54, 1.807) is 4.90 Å². The van der Waals surface area contributed by atoms with Gasteiger partial charge in [0.25, 0.3) is 11.5 Å². The molecular formula is C20H21N5O4S. The van der Waals surface area contributed by atoms with Gasteiger partial charge in [0.1, 0.15) is 11.5 Å². The molecule has 9 nitrogen and oxygen atoms in total. The fraction of sp³-hybridized carbons (Fsp3) is 0.350. The highest BCUT2D eigenvalue weighted by Crippen LogP contribution is 2.28. The number of nitrogens with one attached hydrogen (secondary N) is 1. The number of H-pyrrole nitrogens is 1. The number of hydrogen-bond acceptors (Lipinski definition) is 8. The molecule has 0 saturated carbocycles. The van der Waals surface area contributed by atoms with Crippen LogP contribution < -0.4 is 15.0 Å². The average Bonchev–Trinajstić information content (AvgIpc) is 3.33. The Labute approximate surface area is 176 Å². The van der Waals surface area contributed by atoms with Crippen molar-refractivity contribution >= 4 is 17.2 Å². The van der Waals surface area contributed by atoms with E-state index >= 15 is 0 Å². The van der Waals surface area contributed by atoms with Crippen LogP contribution in [0.2, 0.25) is 0 Å². The summed E-state index contributed by atoms with van der Waals surface area (Å²) < 4.78 is 10.2. The summed E-state index contributed by atoms with van der Waals surface area (Å²) in [6, 6.07) is 6.92. The number of thiophene rings is 1. The second-order valence-corrected chi connectivity index (χ2v) is 7.81. The van der Waals surface area contributed by atoms with Crippen molar-refractivity contribution in [1.82, 2.24) is 24.8 Å². The number of amides is 1. The lowest BCUT2D eigenvalue weighted by Crippen LogP contribution is -2.40. The van der Waals surface area contributed by atoms with Gasteiger partial charge in [0.05, 0.1) is 24.8 Å². The van der Waals surface area contributed by atoms with Gasteiger partial charge in [-0.05, 0) is 24.3 Å². The van der Waals surface area contributed by atoms with Crippen LogP contribution in [0.4, 0.5) is 0 Å². The largest absolute Gasteiger partial charge is 0.481 e. The summed E-state index contributed by atoms with van der Waals surface area (Å²) in [5.74, 6) is 0.547. The molecule has 1 aliphatic heterocycles. The summed E-state index contributed by atoms with van der Waals surface area (Å²) in [4.78, 5) is 43.6. The average molecular weight is 427 g/mol. The molecule has 156 valence electrons. The first kappa shape index (κ1) is 20.0. The molecule has 1 fully saturated rings. The molecule has 0 spiro atoms. The van der Waals surface area contributed by atoms with Crippen LogP contribution in [0.15, 0.2) is 34.4 Å². The van der Waals surface area contributed by atoms with Gasteiger partial charge in [0.2, 0.25) is 5.88 Å². The second-order valence-electron chi connectivity index (χ2n) is 6.87. The van der Waals surface area contributed by atoms with Crippen molar-refractivity contribution in [3.05, 3.63) is 51.5 Å². The Morgan fingerprint density at radius 1 is 1.23 bits per heavy atom. The summed E-state index contributed by atoms with van der Waals surface area (Å²) in [6.07, 6.45) is 1.62. The highest BCUT2D eigenvalue weighted by atomic mass is 32.1. The number of carbonyl (C=O) groups excluding carboxylic acids is 1. The quantitative estimate of drug-likeness (QED) is 0.665. The van der Waals surface area contributed by atoms with Crippen molar-refractivity contribution in [1.29, 1.82) is 0 Å². The lowest BCUT2D eigenvalue weighted by molar-refractivity contribution is 0.0696. The fourth-order valence-electron chi connectivity index (χ4n) is 3.48. The molecule has 10 heteroatoms. The molecule has 0 radical (unpaired) electrons. The lowest BCUT2D eigenvalue weighted by Gasteiger charge is -2.32. The van der Waals surface area contributed by atoms with Gasteiger partial charge >= 0.3 is 6.01 Å². The minimum atomic E-state index is -0.240. The molecule has 0 bridgehead atoms. The summed E-state index contributed by atoms with van der Waals surface area (Å²) in [6.45, 7) is 1.03. The highest BCUT2D eigenvalue weighted by Gasteiger charge is 2.28. The summed E-state index contributed by atoms with van der Waals surface area (Å²) in [5.41, 5.74) is 0.655. The van der Waals surface area contributed by atoms with E-state index in [0.717, 1.165) is 17.7 Å². The van der Waals surface area contributed by atoms with Crippen LogP contribution in [0, 0.1) is 0 Å². The number of ether oxygens (including phenoxy) is 2. The third-order valence-electron chi connectivity index (χ3n) is 4.92. The van der Waals surface area contributed by atoms with Crippen molar-refractivity contribution in [3.63, 3.8) is 0 Å². The van der Waals surface area contributed by atoms with Gasteiger partial charge in [0.15, 0.2) is 0 Å². The molecule has 30 heavy (non-hydrogen) atoms. The molecule has 3 aromatic heterocycles. The van der Waals surface area contributed by atoms with Crippen LogP contribution in [0.3, 0.4) is 0 Å². The minimum Gasteiger partial charge on any atom is -0.481 e. The maximum Gasteiger partial charge on any atom is 0.320 e. The Hall–Kier alpha value is -3.27. The van der Waals surface area contributed by atoms with Gasteiger partial charge in [-0.25, -0.2) is 4.98 Å². The molecular weight excluding hydrogens is 406 g/mol. The third-order valence-corrected chi connectivity index (χ3v) is 5.81. The molecule has 0 aromatic carbocycles. The number of piperidine rings is 1. The molecule has 4 heterocycles. The maximum atomic E-state index is 13.1. The first-order valence-corrected chi connectivity index (χ1v) is 10.4. The molecule has 1 N–H and O–H groups in total. The fourth-order valence-corrected chi connectivity index (χ4v) is 4.16. The Morgan fingerprint density at radius 2 is 2.10 bits per heavy atom. The Bertz CT molecular complexity index is 1080. The Kier molecular flexibility index (Phi) is 5.75. The van der Waals surface area contributed by atoms with Crippen molar-refractivity contribution in [2.24, 2.45) is 0 Å². The van der Waals surface area contributed by atoms with E-state index in [1.165, 1.54) is 37.7 Å². The van der Waals surface area contributed by atoms with Gasteiger partial charge in [-0.2, -0.15) is 9.97 Å². The monoisotopic (exact) mass is 427 g/mol. The Balaban J connectivity index is 1.58. The molecule has 1 aliphatic rings. The molecule has 1 saturated heterocycles. The zero-order valence-corrected chi connectivity index (χ0v) is 17.4. The van der Waals surface area contributed by atoms with Crippen LogP contribution in [0.5, 0.6) is 11.9 Å². The molecule has 1 atom stereocenters. The van der Waals surface area contributed by atoms with Gasteiger partial charge in [-0.15, -0.1) is 11.3 Å². The van der Waals surface area contributed by atoms with E-state index in [1.807, 2.05) is 17.5 Å². The van der Waals surface area contributed by atoms with Crippen molar-refractivity contribution in [2.75, 3.05) is 27.3 Å². The normalized spacial score (nSPS) is 16.3. The lowest BCUT2D eigenvalue weighted by atomic mass is 9.96. The van der Waals surface area contributed by atoms with Crippen LogP contribution in [0.25, 0.3) is 10.6 Å². The van der Waals surface area contributed by atoms with E-state index in [-0.39, 0.29) is 35.0 Å². The van der Waals surface area contributed by atoms with E-state index in [9.17, 15) is 9.59 Å². The maximum absolute atomic E-state index is 13.1. The minimum absolute atomic E-state index is 0.0686. The van der Waals surface area contributed by atoms with E-state index in [2.05, 4.69) is 19.9 Å². The van der Waals surface area contributed by atoms with E-state index in [0.29, 0.717) is 24.6 Å². The van der Waals surface area contributed by atoms with Gasteiger partial charge in [-0.1, -0.05) is 6.07 Å². The van der Waals surface area contributed by atoms with Crippen LogP contribution in [0.1, 0.15) is 35.1 Å². The first-order valence-electron chi connectivity index (χ1n) is 9.49. The first-order chi connectivity index (χ1) is 14.6. The van der Waals surface area contributed by atoms with Crippen LogP contribution >= 0.6 is 11.3 Å². The highest BCUT2D eigenvalue weighted by molar-refractivity contribution is 7.13. The number of aromatic nitrogens is 4. The van der Waals surface area contributed by atoms with Crippen LogP contribution in [-0.4, -0.2) is 58.1 Å². The number of carbonyl (C=O) groups is 1. The number of likely N-dealkylation sites (tertiary alicyclic amines) is 1. The number of hydrogen-bond donors (Lipinski definition) is 1. The van der Waals surface area contributed by atoms with Crippen LogP contribution in [-0.2, 0) is 0 Å². The molecule has 1 amide bonds. The van der Waals surface area contributed by atoms with Gasteiger partial charge in [-0.3, -0.25) is 9.59 Å². The topological polar surface area (TPSA) is 110 Å².